The number of nitrogens with zero attached hydrogens (tertiary/aromatic N) is 4. The molecule has 336 valence electrons. The van der Waals surface area contributed by atoms with Crippen molar-refractivity contribution >= 4 is 44.6 Å². The van der Waals surface area contributed by atoms with Gasteiger partial charge in [0.15, 0.2) is 0 Å². The molecule has 0 fully saturated rings. The molecule has 5 heteroatoms. The SMILES string of the molecule is CC(C)(C)c1cc(N2CN(c3cccc(Oc4ccc5c6ccc(C(C)(C)c7ccccc7)cc6n(-c6cc(C(C)(C)c7ccccc7)ccn6)c5c4)c3)c3ccccc32)cc(C(C)(C)C)c1. The number of anilines is 4. The predicted molar refractivity (Wildman–Crippen MR) is 282 cm³/mol. The standard InChI is InChI=1S/C62H62N4O/c1-59(2,3)46-34-47(60(4,5)6)36-49(35-46)65-41-64(54-26-17-18-27-55(54)65)48-24-19-25-50(39-48)67-51-29-31-53-52-30-28-44(61(7,8)42-20-13-11-14-21-42)37-56(52)66(57(53)40-51)58-38-45(32-33-63-58)62(9,10)43-22-15-12-16-23-43/h11-40H,41H2,1-10H3. The van der Waals surface area contributed by atoms with Gasteiger partial charge in [0.2, 0.25) is 0 Å². The molecule has 0 saturated carbocycles. The van der Waals surface area contributed by atoms with Gasteiger partial charge < -0.3 is 14.5 Å². The molecule has 0 N–H and O–H groups in total. The van der Waals surface area contributed by atoms with Crippen LogP contribution in [0.1, 0.15) is 103 Å². The summed E-state index contributed by atoms with van der Waals surface area (Å²) in [5.74, 6) is 2.41. The Hall–Kier alpha value is -7.11. The lowest BCUT2D eigenvalue weighted by Crippen LogP contribution is -2.25. The van der Waals surface area contributed by atoms with Gasteiger partial charge >= 0.3 is 0 Å². The summed E-state index contributed by atoms with van der Waals surface area (Å²) in [6.07, 6.45) is 1.96. The molecule has 0 saturated heterocycles. The minimum atomic E-state index is -0.240. The molecule has 9 aromatic rings. The summed E-state index contributed by atoms with van der Waals surface area (Å²) in [6, 6.07) is 63.8. The molecule has 5 nitrogen and oxygen atoms in total. The molecular formula is C62H62N4O. The minimum absolute atomic E-state index is 0.0139. The number of para-hydroxylation sites is 2. The Morgan fingerprint density at radius 3 is 1.52 bits per heavy atom. The number of ether oxygens (including phenoxy) is 1. The maximum absolute atomic E-state index is 6.88. The summed E-state index contributed by atoms with van der Waals surface area (Å²) in [4.78, 5) is 9.95. The summed E-state index contributed by atoms with van der Waals surface area (Å²) in [7, 11) is 0. The average molecular weight is 879 g/mol. The number of pyridine rings is 1. The maximum Gasteiger partial charge on any atom is 0.137 e. The van der Waals surface area contributed by atoms with E-state index < -0.39 is 0 Å². The van der Waals surface area contributed by atoms with E-state index in [9.17, 15) is 0 Å². The first-order valence-electron chi connectivity index (χ1n) is 23.7. The zero-order valence-electron chi connectivity index (χ0n) is 40.7. The second kappa shape index (κ2) is 16.3. The molecule has 0 atom stereocenters. The van der Waals surface area contributed by atoms with E-state index >= 15 is 0 Å². The smallest absolute Gasteiger partial charge is 0.137 e. The van der Waals surface area contributed by atoms with Gasteiger partial charge in [0.05, 0.1) is 22.4 Å². The first-order chi connectivity index (χ1) is 32.0. The Morgan fingerprint density at radius 2 is 0.925 bits per heavy atom. The highest BCUT2D eigenvalue weighted by atomic mass is 16.5. The average Bonchev–Trinajstić information content (AvgIpc) is 3.87. The number of hydrogen-bond donors (Lipinski definition) is 0. The summed E-state index contributed by atoms with van der Waals surface area (Å²) >= 11 is 0. The van der Waals surface area contributed by atoms with Gasteiger partial charge in [0, 0.05) is 51.3 Å². The van der Waals surface area contributed by atoms with Crippen molar-refractivity contribution < 1.29 is 4.74 Å². The van der Waals surface area contributed by atoms with Gasteiger partial charge in [-0.3, -0.25) is 4.57 Å². The van der Waals surface area contributed by atoms with Crippen LogP contribution in [0, 0.1) is 0 Å². The normalized spacial score (nSPS) is 13.4. The van der Waals surface area contributed by atoms with Crippen molar-refractivity contribution in [3.8, 4) is 17.3 Å². The zero-order chi connectivity index (χ0) is 46.9. The van der Waals surface area contributed by atoms with Crippen LogP contribution in [0.25, 0.3) is 27.6 Å². The van der Waals surface area contributed by atoms with Crippen LogP contribution in [0.2, 0.25) is 0 Å². The lowest BCUT2D eigenvalue weighted by Gasteiger charge is -2.29. The van der Waals surface area contributed by atoms with Gasteiger partial charge in [-0.15, -0.1) is 0 Å². The summed E-state index contributed by atoms with van der Waals surface area (Å²) in [5.41, 5.74) is 14.0. The molecule has 7 aromatic carbocycles. The van der Waals surface area contributed by atoms with Crippen molar-refractivity contribution in [2.75, 3.05) is 16.5 Å². The monoisotopic (exact) mass is 878 g/mol. The molecule has 0 unspecified atom stereocenters. The molecule has 67 heavy (non-hydrogen) atoms. The predicted octanol–water partition coefficient (Wildman–Crippen LogP) is 16.5. The number of hydrogen-bond acceptors (Lipinski definition) is 4. The fourth-order valence-corrected chi connectivity index (χ4v) is 9.81. The van der Waals surface area contributed by atoms with E-state index in [0.717, 1.165) is 39.4 Å². The van der Waals surface area contributed by atoms with E-state index in [-0.39, 0.29) is 21.7 Å². The van der Waals surface area contributed by atoms with Crippen molar-refractivity contribution in [2.45, 2.75) is 90.9 Å². The molecule has 0 aliphatic carbocycles. The first-order valence-corrected chi connectivity index (χ1v) is 23.7. The topological polar surface area (TPSA) is 33.5 Å². The van der Waals surface area contributed by atoms with Gasteiger partial charge in [0.1, 0.15) is 24.0 Å². The summed E-state index contributed by atoms with van der Waals surface area (Å²) < 4.78 is 9.21. The molecule has 3 heterocycles. The fraction of sp³-hybridized carbons (Fsp3) is 0.242. The lowest BCUT2D eigenvalue weighted by atomic mass is 9.78. The van der Waals surface area contributed by atoms with E-state index in [2.05, 4.69) is 260 Å². The second-order valence-electron chi connectivity index (χ2n) is 21.5. The molecule has 1 aliphatic heterocycles. The third-order valence-corrected chi connectivity index (χ3v) is 14.2. The van der Waals surface area contributed by atoms with Crippen molar-refractivity contribution in [1.82, 2.24) is 9.55 Å². The molecule has 1 aliphatic rings. The van der Waals surface area contributed by atoms with E-state index in [4.69, 9.17) is 9.72 Å². The molecule has 2 aromatic heterocycles. The van der Waals surface area contributed by atoms with Crippen LogP contribution in [-0.4, -0.2) is 16.2 Å². The number of aromatic nitrogens is 2. The third kappa shape index (κ3) is 8.05. The zero-order valence-corrected chi connectivity index (χ0v) is 40.7. The number of fused-ring (bicyclic) bond motifs is 4. The van der Waals surface area contributed by atoms with Gasteiger partial charge in [-0.25, -0.2) is 4.98 Å². The largest absolute Gasteiger partial charge is 0.457 e. The molecule has 0 spiro atoms. The third-order valence-electron chi connectivity index (χ3n) is 14.2. The van der Waals surface area contributed by atoms with Crippen molar-refractivity contribution in [3.63, 3.8) is 0 Å². The Morgan fingerprint density at radius 1 is 0.403 bits per heavy atom. The van der Waals surface area contributed by atoms with Gasteiger partial charge in [-0.2, -0.15) is 0 Å². The Kier molecular flexibility index (Phi) is 10.7. The van der Waals surface area contributed by atoms with Crippen LogP contribution >= 0.6 is 0 Å². The van der Waals surface area contributed by atoms with Crippen molar-refractivity contribution in [1.29, 1.82) is 0 Å². The fourth-order valence-electron chi connectivity index (χ4n) is 9.81. The number of benzene rings is 7. The summed E-state index contributed by atoms with van der Waals surface area (Å²) in [6.45, 7) is 23.7. The quantitative estimate of drug-likeness (QED) is 0.145. The molecular weight excluding hydrogens is 817 g/mol. The van der Waals surface area contributed by atoms with Crippen molar-refractivity contribution in [2.24, 2.45) is 0 Å². The summed E-state index contributed by atoms with van der Waals surface area (Å²) in [5, 5.41) is 2.32. The van der Waals surface area contributed by atoms with Crippen LogP contribution < -0.4 is 14.5 Å². The first kappa shape index (κ1) is 43.8. The van der Waals surface area contributed by atoms with Gasteiger partial charge in [-0.05, 0) is 111 Å². The van der Waals surface area contributed by atoms with Crippen LogP contribution in [-0.2, 0) is 21.7 Å². The highest BCUT2D eigenvalue weighted by Gasteiger charge is 2.31. The van der Waals surface area contributed by atoms with Crippen LogP contribution in [0.3, 0.4) is 0 Å². The molecule has 0 amide bonds. The highest BCUT2D eigenvalue weighted by molar-refractivity contribution is 6.09. The van der Waals surface area contributed by atoms with Gasteiger partial charge in [-0.1, -0.05) is 166 Å². The Bertz CT molecular complexity index is 3240. The number of rotatable bonds is 9. The van der Waals surface area contributed by atoms with E-state index in [1.807, 2.05) is 6.20 Å². The minimum Gasteiger partial charge on any atom is -0.457 e. The lowest BCUT2D eigenvalue weighted by molar-refractivity contribution is 0.483. The van der Waals surface area contributed by atoms with E-state index in [1.54, 1.807) is 0 Å². The van der Waals surface area contributed by atoms with Crippen LogP contribution in [0.5, 0.6) is 11.5 Å². The second-order valence-corrected chi connectivity index (χ2v) is 21.5. The van der Waals surface area contributed by atoms with E-state index in [1.165, 1.54) is 55.8 Å². The maximum atomic E-state index is 6.88. The van der Waals surface area contributed by atoms with Crippen molar-refractivity contribution in [3.05, 3.63) is 216 Å². The van der Waals surface area contributed by atoms with Gasteiger partial charge in [0.25, 0.3) is 0 Å². The Balaban J connectivity index is 1.05. The Labute approximate surface area is 397 Å². The molecule has 10 rings (SSSR count). The van der Waals surface area contributed by atoms with Crippen LogP contribution in [0.15, 0.2) is 182 Å². The highest BCUT2D eigenvalue weighted by Crippen LogP contribution is 2.47. The van der Waals surface area contributed by atoms with Crippen LogP contribution in [0.4, 0.5) is 22.7 Å². The van der Waals surface area contributed by atoms with E-state index in [0.29, 0.717) is 6.67 Å². The molecule has 0 radical (unpaired) electrons. The molecule has 0 bridgehead atoms.